The van der Waals surface area contributed by atoms with Crippen molar-refractivity contribution in [3.05, 3.63) is 65.5 Å². The molecule has 1 saturated heterocycles. The number of nitrogens with zero attached hydrogens (tertiary/aromatic N) is 1. The molecular weight excluding hydrogens is 379 g/mol. The maximum atomic E-state index is 13.0. The Kier molecular flexibility index (Phi) is 8.26. The quantitative estimate of drug-likeness (QED) is 0.613. The summed E-state index contributed by atoms with van der Waals surface area (Å²) in [7, 11) is 0. The van der Waals surface area contributed by atoms with Crippen molar-refractivity contribution >= 4 is 5.91 Å². The summed E-state index contributed by atoms with van der Waals surface area (Å²) in [5, 5.41) is 3.11. The topological polar surface area (TPSA) is 41.6 Å². The molecule has 4 nitrogen and oxygen atoms in total. The van der Waals surface area contributed by atoms with E-state index in [1.165, 1.54) is 17.7 Å². The first kappa shape index (κ1) is 22.3. The minimum absolute atomic E-state index is 0.0947. The molecule has 0 aromatic heterocycles. The Balaban J connectivity index is 1.33. The highest BCUT2D eigenvalue weighted by Gasteiger charge is 2.24. The second kappa shape index (κ2) is 11.1. The van der Waals surface area contributed by atoms with Gasteiger partial charge in [-0.05, 0) is 88.0 Å². The number of amides is 1. The van der Waals surface area contributed by atoms with Gasteiger partial charge in [-0.25, -0.2) is 4.39 Å². The molecule has 0 spiro atoms. The summed E-state index contributed by atoms with van der Waals surface area (Å²) >= 11 is 0. The van der Waals surface area contributed by atoms with Crippen LogP contribution < -0.4 is 10.1 Å². The lowest BCUT2D eigenvalue weighted by Gasteiger charge is -2.31. The Morgan fingerprint density at radius 1 is 1.13 bits per heavy atom. The third-order valence-electron chi connectivity index (χ3n) is 5.49. The zero-order chi connectivity index (χ0) is 21.3. The molecule has 0 radical (unpaired) electrons. The molecule has 1 aliphatic rings. The molecule has 2 aromatic carbocycles. The summed E-state index contributed by atoms with van der Waals surface area (Å²) < 4.78 is 18.8. The van der Waals surface area contributed by atoms with E-state index >= 15 is 0 Å². The zero-order valence-electron chi connectivity index (χ0n) is 18.1. The Bertz CT molecular complexity index is 799. The molecule has 1 aliphatic heterocycles. The lowest BCUT2D eigenvalue weighted by atomic mass is 9.95. The van der Waals surface area contributed by atoms with E-state index in [-0.39, 0.29) is 23.7 Å². The van der Waals surface area contributed by atoms with Gasteiger partial charge in [-0.15, -0.1) is 0 Å². The first-order valence-electron chi connectivity index (χ1n) is 11.0. The molecule has 0 bridgehead atoms. The van der Waals surface area contributed by atoms with E-state index in [1.54, 1.807) is 0 Å². The molecule has 0 saturated carbocycles. The van der Waals surface area contributed by atoms with Gasteiger partial charge in [-0.3, -0.25) is 9.69 Å². The van der Waals surface area contributed by atoms with Gasteiger partial charge >= 0.3 is 0 Å². The highest BCUT2D eigenvalue weighted by molar-refractivity contribution is 5.78. The largest absolute Gasteiger partial charge is 0.491 e. The maximum Gasteiger partial charge on any atom is 0.223 e. The van der Waals surface area contributed by atoms with Crippen LogP contribution in [0.5, 0.6) is 5.75 Å². The fourth-order valence-corrected chi connectivity index (χ4v) is 3.90. The Hall–Kier alpha value is -2.40. The molecule has 30 heavy (non-hydrogen) atoms. The summed E-state index contributed by atoms with van der Waals surface area (Å²) in [6.45, 7) is 7.36. The number of benzene rings is 2. The van der Waals surface area contributed by atoms with E-state index in [1.807, 2.05) is 38.1 Å². The molecule has 3 rings (SSSR count). The maximum absolute atomic E-state index is 13.0. The fraction of sp³-hybridized carbons (Fsp3) is 0.480. The van der Waals surface area contributed by atoms with Crippen LogP contribution in [-0.2, 0) is 17.8 Å². The van der Waals surface area contributed by atoms with Crippen LogP contribution in [0.15, 0.2) is 48.5 Å². The normalized spacial score (nSPS) is 15.3. The lowest BCUT2D eigenvalue weighted by Crippen LogP contribution is -2.40. The number of rotatable bonds is 9. The van der Waals surface area contributed by atoms with E-state index in [2.05, 4.69) is 22.3 Å². The molecule has 1 heterocycles. The van der Waals surface area contributed by atoms with Crippen LogP contribution in [0.3, 0.4) is 0 Å². The first-order chi connectivity index (χ1) is 14.5. The van der Waals surface area contributed by atoms with Crippen molar-refractivity contribution in [2.24, 2.45) is 5.92 Å². The number of ether oxygens (including phenoxy) is 1. The molecule has 0 atom stereocenters. The highest BCUT2D eigenvalue weighted by Crippen LogP contribution is 2.20. The van der Waals surface area contributed by atoms with Crippen LogP contribution in [0.2, 0.25) is 0 Å². The van der Waals surface area contributed by atoms with Crippen LogP contribution in [0.1, 0.15) is 44.2 Å². The summed E-state index contributed by atoms with van der Waals surface area (Å²) in [4.78, 5) is 14.8. The van der Waals surface area contributed by atoms with Crippen LogP contribution in [-0.4, -0.2) is 36.5 Å². The molecule has 2 aromatic rings. The van der Waals surface area contributed by atoms with Crippen LogP contribution in [0.4, 0.5) is 4.39 Å². The van der Waals surface area contributed by atoms with Gasteiger partial charge in [0.1, 0.15) is 11.6 Å². The molecule has 162 valence electrons. The van der Waals surface area contributed by atoms with Crippen molar-refractivity contribution in [3.63, 3.8) is 0 Å². The SMILES string of the molecule is CC(C)Oc1cccc(CCCNC(=O)C2CCN(Cc3ccc(F)cc3)CC2)c1. The van der Waals surface area contributed by atoms with Gasteiger partial charge in [0.05, 0.1) is 6.10 Å². The van der Waals surface area contributed by atoms with Gasteiger partial charge in [0.2, 0.25) is 5.91 Å². The number of piperidine rings is 1. The average molecular weight is 413 g/mol. The van der Waals surface area contributed by atoms with Crippen molar-refractivity contribution in [2.45, 2.75) is 52.2 Å². The molecule has 0 aliphatic carbocycles. The standard InChI is InChI=1S/C25H33FN2O2/c1-19(2)30-24-7-3-5-20(17-24)6-4-14-27-25(29)22-12-15-28(16-13-22)18-21-8-10-23(26)11-9-21/h3,5,7-11,17,19,22H,4,6,12-16,18H2,1-2H3,(H,27,29). The lowest BCUT2D eigenvalue weighted by molar-refractivity contribution is -0.126. The Labute approximate surface area is 179 Å². The van der Waals surface area contributed by atoms with E-state index in [0.717, 1.165) is 56.6 Å². The number of nitrogens with one attached hydrogen (secondary N) is 1. The summed E-state index contributed by atoms with van der Waals surface area (Å²) in [6, 6.07) is 14.9. The van der Waals surface area contributed by atoms with Crippen LogP contribution in [0.25, 0.3) is 0 Å². The van der Waals surface area contributed by atoms with Gasteiger partial charge < -0.3 is 10.1 Å². The number of carbonyl (C=O) groups excluding carboxylic acids is 1. The average Bonchev–Trinajstić information content (AvgIpc) is 2.73. The number of carbonyl (C=O) groups is 1. The molecule has 1 fully saturated rings. The second-order valence-corrected chi connectivity index (χ2v) is 8.39. The predicted molar refractivity (Wildman–Crippen MR) is 118 cm³/mol. The Morgan fingerprint density at radius 3 is 2.57 bits per heavy atom. The zero-order valence-corrected chi connectivity index (χ0v) is 18.1. The number of likely N-dealkylation sites (tertiary alicyclic amines) is 1. The minimum atomic E-state index is -0.203. The third-order valence-corrected chi connectivity index (χ3v) is 5.49. The van der Waals surface area contributed by atoms with Gasteiger partial charge in [0.25, 0.3) is 0 Å². The fourth-order valence-electron chi connectivity index (χ4n) is 3.90. The van der Waals surface area contributed by atoms with Gasteiger partial charge in [-0.1, -0.05) is 24.3 Å². The van der Waals surface area contributed by atoms with Crippen LogP contribution >= 0.6 is 0 Å². The van der Waals surface area contributed by atoms with Crippen molar-refractivity contribution in [3.8, 4) is 5.75 Å². The summed E-state index contributed by atoms with van der Waals surface area (Å²) in [5.41, 5.74) is 2.35. The van der Waals surface area contributed by atoms with Crippen molar-refractivity contribution in [1.29, 1.82) is 0 Å². The summed E-state index contributed by atoms with van der Waals surface area (Å²) in [6.07, 6.45) is 3.76. The van der Waals surface area contributed by atoms with E-state index in [9.17, 15) is 9.18 Å². The Morgan fingerprint density at radius 2 is 1.87 bits per heavy atom. The van der Waals surface area contributed by atoms with Crippen LogP contribution in [0, 0.1) is 11.7 Å². The highest BCUT2D eigenvalue weighted by atomic mass is 19.1. The number of hydrogen-bond donors (Lipinski definition) is 1. The van der Waals surface area contributed by atoms with Gasteiger partial charge in [0, 0.05) is 19.0 Å². The molecule has 0 unspecified atom stereocenters. The molecule has 1 amide bonds. The minimum Gasteiger partial charge on any atom is -0.491 e. The predicted octanol–water partition coefficient (Wildman–Crippen LogP) is 4.57. The van der Waals surface area contributed by atoms with Crippen molar-refractivity contribution in [1.82, 2.24) is 10.2 Å². The molecular formula is C25H33FN2O2. The smallest absolute Gasteiger partial charge is 0.223 e. The summed E-state index contributed by atoms with van der Waals surface area (Å²) in [5.74, 6) is 0.968. The second-order valence-electron chi connectivity index (χ2n) is 8.39. The first-order valence-corrected chi connectivity index (χ1v) is 11.0. The van der Waals surface area contributed by atoms with Crippen molar-refractivity contribution in [2.75, 3.05) is 19.6 Å². The van der Waals surface area contributed by atoms with E-state index in [0.29, 0.717) is 6.54 Å². The van der Waals surface area contributed by atoms with Gasteiger partial charge in [0.15, 0.2) is 0 Å². The molecule has 5 heteroatoms. The van der Waals surface area contributed by atoms with E-state index in [4.69, 9.17) is 4.74 Å². The number of hydrogen-bond acceptors (Lipinski definition) is 3. The molecule has 1 N–H and O–H groups in total. The monoisotopic (exact) mass is 412 g/mol. The van der Waals surface area contributed by atoms with E-state index < -0.39 is 0 Å². The number of aryl methyl sites for hydroxylation is 1. The van der Waals surface area contributed by atoms with Gasteiger partial charge in [-0.2, -0.15) is 0 Å². The third kappa shape index (κ3) is 7.13. The number of halogens is 1. The van der Waals surface area contributed by atoms with Crippen molar-refractivity contribution < 1.29 is 13.9 Å².